The fraction of sp³-hybridized carbons (Fsp3) is 0.846. The van der Waals surface area contributed by atoms with E-state index in [0.29, 0.717) is 12.0 Å². The molecule has 18 heavy (non-hydrogen) atoms. The third-order valence-electron chi connectivity index (χ3n) is 3.43. The summed E-state index contributed by atoms with van der Waals surface area (Å²) < 4.78 is 2.05. The van der Waals surface area contributed by atoms with Gasteiger partial charge >= 0.3 is 0 Å². The van der Waals surface area contributed by atoms with Gasteiger partial charge in [-0.25, -0.2) is 0 Å². The van der Waals surface area contributed by atoms with Gasteiger partial charge < -0.3 is 9.88 Å². The highest BCUT2D eigenvalue weighted by molar-refractivity contribution is 7.99. The van der Waals surface area contributed by atoms with Crippen molar-refractivity contribution < 1.29 is 0 Å². The van der Waals surface area contributed by atoms with E-state index < -0.39 is 0 Å². The lowest BCUT2D eigenvalue weighted by atomic mass is 10.0. The first-order valence-corrected chi connectivity index (χ1v) is 7.80. The zero-order chi connectivity index (χ0) is 13.5. The summed E-state index contributed by atoms with van der Waals surface area (Å²) in [6.07, 6.45) is 2.39. The van der Waals surface area contributed by atoms with Crippen molar-refractivity contribution in [3.8, 4) is 0 Å². The van der Waals surface area contributed by atoms with Crippen LogP contribution in [0, 0.1) is 12.8 Å². The predicted octanol–water partition coefficient (Wildman–Crippen LogP) is 2.63. The smallest absolute Gasteiger partial charge is 0.190 e. The summed E-state index contributed by atoms with van der Waals surface area (Å²) in [7, 11) is 2.02. The first-order valence-electron chi connectivity index (χ1n) is 6.82. The van der Waals surface area contributed by atoms with E-state index in [0.717, 1.165) is 23.3 Å². The SMILES string of the molecule is CCCNC(CSc1nnc(C)n1C)C(C)CC. The molecule has 1 aromatic rings. The molecule has 1 rings (SSSR count). The van der Waals surface area contributed by atoms with Crippen LogP contribution in [0.5, 0.6) is 0 Å². The van der Waals surface area contributed by atoms with E-state index in [2.05, 4.69) is 40.9 Å². The topological polar surface area (TPSA) is 42.7 Å². The van der Waals surface area contributed by atoms with Gasteiger partial charge in [-0.3, -0.25) is 0 Å². The van der Waals surface area contributed by atoms with Gasteiger partial charge in [0.05, 0.1) is 0 Å². The third kappa shape index (κ3) is 4.28. The summed E-state index contributed by atoms with van der Waals surface area (Å²) in [6.45, 7) is 9.85. The summed E-state index contributed by atoms with van der Waals surface area (Å²) >= 11 is 1.80. The van der Waals surface area contributed by atoms with Gasteiger partial charge in [0.15, 0.2) is 5.16 Å². The highest BCUT2D eigenvalue weighted by Gasteiger charge is 2.16. The molecule has 4 nitrogen and oxygen atoms in total. The predicted molar refractivity (Wildman–Crippen MR) is 78.0 cm³/mol. The number of rotatable bonds is 8. The van der Waals surface area contributed by atoms with Crippen molar-refractivity contribution in [2.45, 2.75) is 51.7 Å². The Morgan fingerprint density at radius 3 is 2.56 bits per heavy atom. The lowest BCUT2D eigenvalue weighted by molar-refractivity contribution is 0.396. The van der Waals surface area contributed by atoms with Crippen LogP contribution in [-0.4, -0.2) is 33.1 Å². The monoisotopic (exact) mass is 270 g/mol. The molecule has 0 aromatic carbocycles. The van der Waals surface area contributed by atoms with Crippen LogP contribution in [0.4, 0.5) is 0 Å². The van der Waals surface area contributed by atoms with Crippen LogP contribution in [0.1, 0.15) is 39.4 Å². The maximum absolute atomic E-state index is 4.20. The maximum Gasteiger partial charge on any atom is 0.190 e. The molecule has 0 aliphatic rings. The van der Waals surface area contributed by atoms with E-state index in [1.54, 1.807) is 11.8 Å². The molecule has 0 aliphatic heterocycles. The van der Waals surface area contributed by atoms with Crippen molar-refractivity contribution in [1.82, 2.24) is 20.1 Å². The van der Waals surface area contributed by atoms with Crippen LogP contribution in [0.25, 0.3) is 0 Å². The standard InChI is InChI=1S/C13H26N4S/c1-6-8-14-12(10(3)7-2)9-18-13-16-15-11(4)17(13)5/h10,12,14H,6-9H2,1-5H3. The second-order valence-corrected chi connectivity index (χ2v) is 5.83. The number of nitrogens with zero attached hydrogens (tertiary/aromatic N) is 3. The van der Waals surface area contributed by atoms with Gasteiger partial charge in [-0.15, -0.1) is 10.2 Å². The number of nitrogens with one attached hydrogen (secondary N) is 1. The summed E-state index contributed by atoms with van der Waals surface area (Å²) in [4.78, 5) is 0. The van der Waals surface area contributed by atoms with Gasteiger partial charge in [0.1, 0.15) is 5.82 Å². The molecular formula is C13H26N4S. The van der Waals surface area contributed by atoms with Crippen LogP contribution >= 0.6 is 11.8 Å². The Morgan fingerprint density at radius 2 is 2.06 bits per heavy atom. The van der Waals surface area contributed by atoms with Crippen molar-refractivity contribution in [2.24, 2.45) is 13.0 Å². The highest BCUT2D eigenvalue weighted by Crippen LogP contribution is 2.20. The molecule has 0 saturated heterocycles. The van der Waals surface area contributed by atoms with E-state index in [1.807, 2.05) is 14.0 Å². The van der Waals surface area contributed by atoms with Gasteiger partial charge in [0.2, 0.25) is 0 Å². The Kier molecular flexibility index (Phi) is 6.71. The molecule has 2 atom stereocenters. The first-order chi connectivity index (χ1) is 8.60. The molecule has 0 fully saturated rings. The fourth-order valence-corrected chi connectivity index (χ4v) is 2.92. The molecule has 0 bridgehead atoms. The van der Waals surface area contributed by atoms with Crippen LogP contribution in [-0.2, 0) is 7.05 Å². The molecular weight excluding hydrogens is 244 g/mol. The lowest BCUT2D eigenvalue weighted by Crippen LogP contribution is -2.37. The normalized spacial score (nSPS) is 14.7. The molecule has 1 heterocycles. The quantitative estimate of drug-likeness (QED) is 0.737. The zero-order valence-electron chi connectivity index (χ0n) is 12.2. The second-order valence-electron chi connectivity index (χ2n) is 4.85. The van der Waals surface area contributed by atoms with Gasteiger partial charge in [-0.1, -0.05) is 39.0 Å². The minimum Gasteiger partial charge on any atom is -0.313 e. The first kappa shape index (κ1) is 15.5. The lowest BCUT2D eigenvalue weighted by Gasteiger charge is -2.23. The zero-order valence-corrected chi connectivity index (χ0v) is 13.0. The minimum atomic E-state index is 0.553. The van der Waals surface area contributed by atoms with Gasteiger partial charge in [0.25, 0.3) is 0 Å². The minimum absolute atomic E-state index is 0.553. The molecule has 0 saturated carbocycles. The average Bonchev–Trinajstić information content (AvgIpc) is 2.69. The molecule has 0 radical (unpaired) electrons. The summed E-state index contributed by atoms with van der Waals surface area (Å²) in [6, 6.07) is 0.553. The Hall–Kier alpha value is -0.550. The number of hydrogen-bond donors (Lipinski definition) is 1. The Morgan fingerprint density at radius 1 is 1.33 bits per heavy atom. The van der Waals surface area contributed by atoms with E-state index in [4.69, 9.17) is 0 Å². The summed E-state index contributed by atoms with van der Waals surface area (Å²) in [5.41, 5.74) is 0. The van der Waals surface area contributed by atoms with Crippen LogP contribution in [0.2, 0.25) is 0 Å². The molecule has 1 N–H and O–H groups in total. The van der Waals surface area contributed by atoms with Gasteiger partial charge in [0, 0.05) is 18.8 Å². The maximum atomic E-state index is 4.20. The molecule has 0 aliphatic carbocycles. The van der Waals surface area contributed by atoms with Gasteiger partial charge in [-0.2, -0.15) is 0 Å². The van der Waals surface area contributed by atoms with E-state index >= 15 is 0 Å². The van der Waals surface area contributed by atoms with E-state index in [9.17, 15) is 0 Å². The number of hydrogen-bond acceptors (Lipinski definition) is 4. The Bertz CT molecular complexity index is 351. The fourth-order valence-electron chi connectivity index (χ4n) is 1.72. The number of aryl methyl sites for hydroxylation is 1. The Balaban J connectivity index is 2.53. The van der Waals surface area contributed by atoms with Gasteiger partial charge in [-0.05, 0) is 25.8 Å². The van der Waals surface area contributed by atoms with Crippen molar-refractivity contribution in [3.05, 3.63) is 5.82 Å². The van der Waals surface area contributed by atoms with Crippen molar-refractivity contribution >= 4 is 11.8 Å². The number of thioether (sulfide) groups is 1. The molecule has 0 spiro atoms. The summed E-state index contributed by atoms with van der Waals surface area (Å²) in [5, 5.41) is 12.9. The Labute approximate surface area is 115 Å². The molecule has 2 unspecified atom stereocenters. The van der Waals surface area contributed by atoms with Crippen LogP contribution in [0.3, 0.4) is 0 Å². The average molecular weight is 270 g/mol. The molecule has 104 valence electrons. The summed E-state index contributed by atoms with van der Waals surface area (Å²) in [5.74, 6) is 2.72. The third-order valence-corrected chi connectivity index (χ3v) is 4.57. The molecule has 0 amide bonds. The van der Waals surface area contributed by atoms with E-state index in [-0.39, 0.29) is 0 Å². The molecule has 1 aromatic heterocycles. The molecule has 5 heteroatoms. The van der Waals surface area contributed by atoms with Crippen molar-refractivity contribution in [3.63, 3.8) is 0 Å². The largest absolute Gasteiger partial charge is 0.313 e. The van der Waals surface area contributed by atoms with Crippen LogP contribution in [0.15, 0.2) is 5.16 Å². The van der Waals surface area contributed by atoms with Crippen molar-refractivity contribution in [1.29, 1.82) is 0 Å². The van der Waals surface area contributed by atoms with Crippen LogP contribution < -0.4 is 5.32 Å². The second kappa shape index (κ2) is 7.79. The van der Waals surface area contributed by atoms with Crippen molar-refractivity contribution in [2.75, 3.05) is 12.3 Å². The highest BCUT2D eigenvalue weighted by atomic mass is 32.2. The number of aromatic nitrogens is 3. The van der Waals surface area contributed by atoms with E-state index in [1.165, 1.54) is 12.8 Å².